The number of nitrogens with one attached hydrogen (secondary N) is 1. The Balaban J connectivity index is 2.01. The van der Waals surface area contributed by atoms with Gasteiger partial charge in [0.25, 0.3) is 11.8 Å². The van der Waals surface area contributed by atoms with E-state index >= 15 is 0 Å². The van der Waals surface area contributed by atoms with Crippen LogP contribution in [-0.2, 0) is 0 Å². The maximum absolute atomic E-state index is 12.4. The van der Waals surface area contributed by atoms with Gasteiger partial charge in [0.2, 0.25) is 0 Å². The second-order valence-corrected chi connectivity index (χ2v) is 7.71. The summed E-state index contributed by atoms with van der Waals surface area (Å²) >= 11 is 8.06. The summed E-state index contributed by atoms with van der Waals surface area (Å²) in [5, 5.41) is 0. The molecule has 2 amide bonds. The number of ether oxygens (including phenoxy) is 2. The van der Waals surface area contributed by atoms with Crippen molar-refractivity contribution in [2.75, 3.05) is 6.61 Å². The number of carbonyl (C=O) groups excluding carboxylic acids is 2. The van der Waals surface area contributed by atoms with Crippen molar-refractivity contribution >= 4 is 46.2 Å². The highest BCUT2D eigenvalue weighted by Gasteiger charge is 2.18. The van der Waals surface area contributed by atoms with Crippen molar-refractivity contribution in [2.45, 2.75) is 33.3 Å². The zero-order chi connectivity index (χ0) is 20.7. The third kappa shape index (κ3) is 6.27. The first kappa shape index (κ1) is 22.3. The highest BCUT2D eigenvalue weighted by atomic mass is 127. The highest BCUT2D eigenvalue weighted by Crippen LogP contribution is 2.23. The highest BCUT2D eigenvalue weighted by molar-refractivity contribution is 14.1. The van der Waals surface area contributed by atoms with Gasteiger partial charge in [0, 0.05) is 22.9 Å². The van der Waals surface area contributed by atoms with Gasteiger partial charge in [-0.15, -0.1) is 0 Å². The molecule has 6 nitrogen and oxygen atoms in total. The number of amides is 2. The quantitative estimate of drug-likeness (QED) is 0.326. The van der Waals surface area contributed by atoms with E-state index in [9.17, 15) is 9.59 Å². The Morgan fingerprint density at radius 2 is 1.79 bits per heavy atom. The van der Waals surface area contributed by atoms with Gasteiger partial charge in [0.15, 0.2) is 0 Å². The Labute approximate surface area is 183 Å². The van der Waals surface area contributed by atoms with E-state index in [1.54, 1.807) is 42.5 Å². The van der Waals surface area contributed by atoms with Crippen LogP contribution in [0.3, 0.4) is 0 Å². The topological polar surface area (TPSA) is 67.9 Å². The molecule has 8 heteroatoms. The average Bonchev–Trinajstić information content (AvgIpc) is 2.67. The molecule has 0 radical (unpaired) electrons. The SMILES string of the molecule is CCCOc1ccc(C(=O)N(Cl)NC(=O)c2ccc(OC(C)C)c(I)c2)cc1. The third-order valence-corrected chi connectivity index (χ3v) is 4.59. The number of benzene rings is 2. The van der Waals surface area contributed by atoms with Crippen molar-refractivity contribution in [2.24, 2.45) is 0 Å². The monoisotopic (exact) mass is 516 g/mol. The first-order chi connectivity index (χ1) is 13.3. The van der Waals surface area contributed by atoms with Crippen LogP contribution in [0.4, 0.5) is 0 Å². The van der Waals surface area contributed by atoms with Gasteiger partial charge >= 0.3 is 0 Å². The van der Waals surface area contributed by atoms with Crippen molar-refractivity contribution in [3.8, 4) is 11.5 Å². The summed E-state index contributed by atoms with van der Waals surface area (Å²) in [6.45, 7) is 6.47. The van der Waals surface area contributed by atoms with Crippen LogP contribution in [0.1, 0.15) is 47.9 Å². The maximum atomic E-state index is 12.4. The number of rotatable bonds is 7. The molecule has 2 aromatic carbocycles. The molecule has 0 heterocycles. The first-order valence-corrected chi connectivity index (χ1v) is 10.2. The molecule has 0 fully saturated rings. The molecule has 150 valence electrons. The van der Waals surface area contributed by atoms with E-state index in [2.05, 4.69) is 28.0 Å². The molecule has 2 aromatic rings. The van der Waals surface area contributed by atoms with Crippen molar-refractivity contribution in [3.05, 3.63) is 57.2 Å². The number of carbonyl (C=O) groups is 2. The fourth-order valence-corrected chi connectivity index (χ4v) is 3.04. The van der Waals surface area contributed by atoms with Crippen LogP contribution in [0, 0.1) is 3.57 Å². The Bertz CT molecular complexity index is 827. The van der Waals surface area contributed by atoms with Gasteiger partial charge in [0.1, 0.15) is 11.5 Å². The smallest absolute Gasteiger partial charge is 0.287 e. The molecule has 28 heavy (non-hydrogen) atoms. The van der Waals surface area contributed by atoms with Crippen molar-refractivity contribution in [1.82, 2.24) is 9.95 Å². The molecule has 0 aliphatic carbocycles. The number of hydrazine groups is 1. The lowest BCUT2D eigenvalue weighted by atomic mass is 10.2. The summed E-state index contributed by atoms with van der Waals surface area (Å²) in [6.07, 6.45) is 0.925. The third-order valence-electron chi connectivity index (χ3n) is 3.51. The van der Waals surface area contributed by atoms with E-state index in [1.165, 1.54) is 0 Å². The second-order valence-electron chi connectivity index (χ2n) is 6.21. The van der Waals surface area contributed by atoms with E-state index in [0.29, 0.717) is 33.8 Å². The number of hydrogen-bond donors (Lipinski definition) is 1. The van der Waals surface area contributed by atoms with E-state index in [-0.39, 0.29) is 6.10 Å². The Morgan fingerprint density at radius 3 is 2.36 bits per heavy atom. The molecule has 2 rings (SSSR count). The molecule has 0 aliphatic heterocycles. The van der Waals surface area contributed by atoms with Gasteiger partial charge in [0.05, 0.1) is 16.3 Å². The lowest BCUT2D eigenvalue weighted by molar-refractivity contribution is 0.0728. The number of halogens is 2. The van der Waals surface area contributed by atoms with E-state index < -0.39 is 11.8 Å². The predicted octanol–water partition coefficient (Wildman–Crippen LogP) is 4.81. The molecular formula is C20H22ClIN2O4. The molecular weight excluding hydrogens is 495 g/mol. The van der Waals surface area contributed by atoms with Crippen LogP contribution in [0.25, 0.3) is 0 Å². The average molecular weight is 517 g/mol. The van der Waals surface area contributed by atoms with Gasteiger partial charge in [-0.1, -0.05) is 6.92 Å². The summed E-state index contributed by atoms with van der Waals surface area (Å²) < 4.78 is 12.6. The second kappa shape index (κ2) is 10.5. The summed E-state index contributed by atoms with van der Waals surface area (Å²) in [5.74, 6) is 0.310. The fraction of sp³-hybridized carbons (Fsp3) is 0.300. The van der Waals surface area contributed by atoms with Gasteiger partial charge < -0.3 is 9.47 Å². The zero-order valence-electron chi connectivity index (χ0n) is 15.9. The van der Waals surface area contributed by atoms with Gasteiger partial charge in [-0.2, -0.15) is 4.53 Å². The van der Waals surface area contributed by atoms with Crippen LogP contribution in [-0.4, -0.2) is 29.1 Å². The standard InChI is InChI=1S/C20H22ClIN2O4/c1-4-11-27-16-8-5-14(6-9-16)20(26)24(21)23-19(25)15-7-10-18(17(22)12-15)28-13(2)3/h5-10,12-13H,4,11H2,1-3H3,(H,23,25). The lowest BCUT2D eigenvalue weighted by Gasteiger charge is -2.16. The molecule has 0 unspecified atom stereocenters. The molecule has 0 aromatic heterocycles. The van der Waals surface area contributed by atoms with Crippen LogP contribution in [0.15, 0.2) is 42.5 Å². The predicted molar refractivity (Wildman–Crippen MR) is 117 cm³/mol. The first-order valence-electron chi connectivity index (χ1n) is 8.82. The summed E-state index contributed by atoms with van der Waals surface area (Å²) in [5.41, 5.74) is 3.06. The normalized spacial score (nSPS) is 10.5. The zero-order valence-corrected chi connectivity index (χ0v) is 18.8. The Hall–Kier alpha value is -2.00. The lowest BCUT2D eigenvalue weighted by Crippen LogP contribution is -2.39. The minimum atomic E-state index is -0.550. The summed E-state index contributed by atoms with van der Waals surface area (Å²) in [7, 11) is 0. The van der Waals surface area contributed by atoms with E-state index in [0.717, 1.165) is 9.99 Å². The van der Waals surface area contributed by atoms with Crippen molar-refractivity contribution < 1.29 is 19.1 Å². The fourth-order valence-electron chi connectivity index (χ4n) is 2.22. The number of hydrogen-bond acceptors (Lipinski definition) is 4. The van der Waals surface area contributed by atoms with E-state index in [1.807, 2.05) is 20.8 Å². The maximum Gasteiger partial charge on any atom is 0.287 e. The van der Waals surface area contributed by atoms with Crippen LogP contribution in [0.5, 0.6) is 11.5 Å². The van der Waals surface area contributed by atoms with Gasteiger partial charge in [-0.3, -0.25) is 9.59 Å². The van der Waals surface area contributed by atoms with Crippen LogP contribution >= 0.6 is 34.4 Å². The number of nitrogens with zero attached hydrogens (tertiary/aromatic N) is 1. The Morgan fingerprint density at radius 1 is 1.14 bits per heavy atom. The van der Waals surface area contributed by atoms with Crippen molar-refractivity contribution in [3.63, 3.8) is 0 Å². The van der Waals surface area contributed by atoms with Crippen molar-refractivity contribution in [1.29, 1.82) is 0 Å². The molecule has 0 bridgehead atoms. The Kier molecular flexibility index (Phi) is 8.37. The summed E-state index contributed by atoms with van der Waals surface area (Å²) in [6, 6.07) is 11.6. The molecule has 1 N–H and O–H groups in total. The molecule has 0 spiro atoms. The molecule has 0 aliphatic rings. The minimum absolute atomic E-state index is 0.0305. The van der Waals surface area contributed by atoms with E-state index in [4.69, 9.17) is 21.3 Å². The molecule has 0 atom stereocenters. The van der Waals surface area contributed by atoms with Crippen LogP contribution < -0.4 is 14.9 Å². The largest absolute Gasteiger partial charge is 0.494 e. The minimum Gasteiger partial charge on any atom is -0.494 e. The van der Waals surface area contributed by atoms with Crippen LogP contribution in [0.2, 0.25) is 0 Å². The summed E-state index contributed by atoms with van der Waals surface area (Å²) in [4.78, 5) is 24.8. The molecule has 0 saturated heterocycles. The molecule has 0 saturated carbocycles. The van der Waals surface area contributed by atoms with Gasteiger partial charge in [-0.05, 0) is 85.3 Å². The van der Waals surface area contributed by atoms with Gasteiger partial charge in [-0.25, -0.2) is 5.43 Å².